The first kappa shape index (κ1) is 26.1. The van der Waals surface area contributed by atoms with Crippen LogP contribution in [0.25, 0.3) is 0 Å². The molecule has 0 spiro atoms. The van der Waals surface area contributed by atoms with Gasteiger partial charge >= 0.3 is 11.9 Å². The van der Waals surface area contributed by atoms with E-state index < -0.39 is 32.6 Å². The van der Waals surface area contributed by atoms with E-state index in [1.165, 1.54) is 13.4 Å². The Balaban J connectivity index is 0.000000311. The van der Waals surface area contributed by atoms with Gasteiger partial charge in [0.05, 0.1) is 36.4 Å². The van der Waals surface area contributed by atoms with E-state index in [2.05, 4.69) is 9.47 Å². The predicted octanol–water partition coefficient (Wildman–Crippen LogP) is 1.12. The zero-order valence-electron chi connectivity index (χ0n) is 16.5. The lowest BCUT2D eigenvalue weighted by molar-refractivity contribution is 0.0598. The molecule has 0 radical (unpaired) electrons. The number of nitriles is 2. The van der Waals surface area contributed by atoms with Gasteiger partial charge in [0.15, 0.2) is 9.84 Å². The molecule has 0 aliphatic carbocycles. The van der Waals surface area contributed by atoms with Gasteiger partial charge in [-0.25, -0.2) is 18.0 Å². The van der Waals surface area contributed by atoms with Crippen LogP contribution >= 0.6 is 22.7 Å². The van der Waals surface area contributed by atoms with Crippen molar-refractivity contribution in [3.63, 3.8) is 0 Å². The quantitative estimate of drug-likeness (QED) is 0.564. The third-order valence-corrected chi connectivity index (χ3v) is 9.07. The lowest BCUT2D eigenvalue weighted by Crippen LogP contribution is -2.02. The average Bonchev–Trinajstić information content (AvgIpc) is 3.23. The molecule has 2 heterocycles. The number of thiophene rings is 2. The van der Waals surface area contributed by atoms with Crippen molar-refractivity contribution in [1.82, 2.24) is 0 Å². The summed E-state index contributed by atoms with van der Waals surface area (Å²) in [4.78, 5) is 22.5. The van der Waals surface area contributed by atoms with E-state index >= 15 is 0 Å². The van der Waals surface area contributed by atoms with E-state index in [4.69, 9.17) is 22.0 Å². The van der Waals surface area contributed by atoms with Crippen molar-refractivity contribution in [1.29, 1.82) is 10.5 Å². The van der Waals surface area contributed by atoms with Crippen LogP contribution in [-0.2, 0) is 30.1 Å². The summed E-state index contributed by atoms with van der Waals surface area (Å²) in [5, 5.41) is 17.6. The second-order valence-corrected chi connectivity index (χ2v) is 11.3. The molecular formula is C16H16N4O7S4. The highest BCUT2D eigenvalue weighted by molar-refractivity contribution is 7.92. The van der Waals surface area contributed by atoms with Crippen LogP contribution in [0.2, 0.25) is 0 Å². The fraction of sp³-hybridized carbons (Fsp3) is 0.250. The monoisotopic (exact) mass is 504 g/mol. The number of anilines is 2. The van der Waals surface area contributed by atoms with Crippen LogP contribution in [0.3, 0.4) is 0 Å². The number of nitrogens with two attached hydrogens (primary N) is 2. The first-order chi connectivity index (χ1) is 14.3. The van der Waals surface area contributed by atoms with E-state index in [0.29, 0.717) is 15.5 Å². The van der Waals surface area contributed by atoms with Crippen LogP contribution in [0.15, 0.2) is 8.42 Å². The van der Waals surface area contributed by atoms with Crippen molar-refractivity contribution in [3.8, 4) is 12.1 Å². The highest BCUT2D eigenvalue weighted by atomic mass is 32.2. The molecule has 15 heteroatoms. The number of nitrogens with zero attached hydrogens (tertiary/aromatic N) is 2. The fourth-order valence-corrected chi connectivity index (χ4v) is 6.20. The largest absolute Gasteiger partial charge is 0.465 e. The minimum absolute atomic E-state index is 0.0413. The van der Waals surface area contributed by atoms with Gasteiger partial charge in [-0.2, -0.15) is 10.5 Å². The summed E-state index contributed by atoms with van der Waals surface area (Å²) in [6.07, 6.45) is 2.37. The number of carbonyl (C=O) groups is 2. The summed E-state index contributed by atoms with van der Waals surface area (Å²) in [7, 11) is -2.56. The maximum Gasteiger partial charge on any atom is 0.350 e. The average molecular weight is 505 g/mol. The SMILES string of the molecule is COC(=O)c1sc(S(C)(=O)=O)c(C#N)c1N.COC(=O)c1sc(S(C)=O)c(C#N)c1N. The molecule has 2 rings (SSSR count). The summed E-state index contributed by atoms with van der Waals surface area (Å²) < 4.78 is 43.0. The van der Waals surface area contributed by atoms with Crippen molar-refractivity contribution in [2.45, 2.75) is 8.42 Å². The highest BCUT2D eigenvalue weighted by Crippen LogP contribution is 2.34. The van der Waals surface area contributed by atoms with Gasteiger partial charge in [0.2, 0.25) is 0 Å². The van der Waals surface area contributed by atoms with Crippen molar-refractivity contribution in [3.05, 3.63) is 20.9 Å². The smallest absolute Gasteiger partial charge is 0.350 e. The molecule has 0 saturated heterocycles. The Morgan fingerprint density at radius 3 is 1.68 bits per heavy atom. The van der Waals surface area contributed by atoms with Crippen LogP contribution < -0.4 is 11.5 Å². The van der Waals surface area contributed by atoms with Crippen LogP contribution in [0.1, 0.15) is 30.5 Å². The molecule has 0 saturated carbocycles. The number of ether oxygens (including phenoxy) is 2. The van der Waals surface area contributed by atoms with Gasteiger partial charge in [-0.3, -0.25) is 4.21 Å². The van der Waals surface area contributed by atoms with Crippen LogP contribution in [0.4, 0.5) is 11.4 Å². The molecule has 0 fully saturated rings. The summed E-state index contributed by atoms with van der Waals surface area (Å²) in [6, 6.07) is 3.50. The minimum Gasteiger partial charge on any atom is -0.465 e. The number of esters is 2. The normalized spacial score (nSPS) is 11.3. The van der Waals surface area contributed by atoms with E-state index in [1.54, 1.807) is 6.07 Å². The minimum atomic E-state index is -3.58. The molecule has 4 N–H and O–H groups in total. The van der Waals surface area contributed by atoms with Gasteiger partial charge in [-0.15, -0.1) is 22.7 Å². The number of rotatable bonds is 4. The second-order valence-electron chi connectivity index (χ2n) is 5.45. The lowest BCUT2D eigenvalue weighted by Gasteiger charge is -1.95. The molecule has 2 aromatic rings. The molecule has 166 valence electrons. The number of carbonyl (C=O) groups excluding carboxylic acids is 2. The van der Waals surface area contributed by atoms with Gasteiger partial charge in [0.1, 0.15) is 41.4 Å². The van der Waals surface area contributed by atoms with Crippen molar-refractivity contribution in [2.24, 2.45) is 0 Å². The Morgan fingerprint density at radius 2 is 1.39 bits per heavy atom. The molecule has 11 nitrogen and oxygen atoms in total. The molecule has 1 atom stereocenters. The van der Waals surface area contributed by atoms with Crippen molar-refractivity contribution < 1.29 is 31.7 Å². The Hall–Kier alpha value is -2.98. The van der Waals surface area contributed by atoms with E-state index in [9.17, 15) is 22.2 Å². The number of nitrogen functional groups attached to an aromatic ring is 2. The Kier molecular flexibility index (Phi) is 8.71. The Bertz CT molecular complexity index is 1250. The molecule has 0 bridgehead atoms. The van der Waals surface area contributed by atoms with E-state index in [0.717, 1.165) is 24.7 Å². The first-order valence-electron chi connectivity index (χ1n) is 7.70. The molecular weight excluding hydrogens is 488 g/mol. The zero-order valence-corrected chi connectivity index (χ0v) is 19.8. The summed E-state index contributed by atoms with van der Waals surface area (Å²) in [6.45, 7) is 0. The van der Waals surface area contributed by atoms with Crippen LogP contribution in [0, 0.1) is 22.7 Å². The lowest BCUT2D eigenvalue weighted by atomic mass is 10.3. The predicted molar refractivity (Wildman–Crippen MR) is 115 cm³/mol. The fourth-order valence-electron chi connectivity index (χ4n) is 2.01. The number of sulfone groups is 1. The Morgan fingerprint density at radius 1 is 0.968 bits per heavy atom. The molecule has 0 aliphatic heterocycles. The summed E-state index contributed by atoms with van der Waals surface area (Å²) >= 11 is 1.57. The molecule has 2 aromatic heterocycles. The van der Waals surface area contributed by atoms with Crippen LogP contribution in [-0.4, -0.2) is 51.3 Å². The zero-order chi connectivity index (χ0) is 24.1. The van der Waals surface area contributed by atoms with Crippen molar-refractivity contribution >= 4 is 66.6 Å². The third-order valence-electron chi connectivity index (χ3n) is 3.39. The molecule has 1 unspecified atom stereocenters. The maximum absolute atomic E-state index is 11.3. The standard InChI is InChI=1S/C8H8N2O4S2.C8H8N2O3S2/c1-14-7(11)6-5(10)4(3-9)8(15-6)16(2,12)13;1-13-7(11)6-5(10)4(3-9)8(14-6)15(2)12/h10H2,1-2H3;10H2,1-2H3. The topological polar surface area (TPSA) is 203 Å². The first-order valence-corrected chi connectivity index (χ1v) is 12.8. The molecule has 0 aliphatic rings. The van der Waals surface area contributed by atoms with E-state index in [-0.39, 0.29) is 36.5 Å². The number of hydrogen-bond acceptors (Lipinski definition) is 13. The van der Waals surface area contributed by atoms with E-state index in [1.807, 2.05) is 6.07 Å². The van der Waals surface area contributed by atoms with Crippen molar-refractivity contribution in [2.75, 3.05) is 38.2 Å². The van der Waals surface area contributed by atoms with Gasteiger partial charge in [0.25, 0.3) is 0 Å². The molecule has 0 amide bonds. The summed E-state index contributed by atoms with van der Waals surface area (Å²) in [5.41, 5.74) is 10.9. The maximum atomic E-state index is 11.3. The van der Waals surface area contributed by atoms with Gasteiger partial charge in [-0.05, 0) is 0 Å². The van der Waals surface area contributed by atoms with Gasteiger partial charge in [-0.1, -0.05) is 0 Å². The van der Waals surface area contributed by atoms with Crippen LogP contribution in [0.5, 0.6) is 0 Å². The second kappa shape index (κ2) is 10.4. The van der Waals surface area contributed by atoms with Gasteiger partial charge < -0.3 is 20.9 Å². The molecule has 31 heavy (non-hydrogen) atoms. The highest BCUT2D eigenvalue weighted by Gasteiger charge is 2.26. The number of hydrogen-bond donors (Lipinski definition) is 2. The third kappa shape index (κ3) is 5.59. The molecule has 0 aromatic carbocycles. The number of methoxy groups -OCH3 is 2. The Labute approximate surface area is 188 Å². The van der Waals surface area contributed by atoms with Gasteiger partial charge in [0, 0.05) is 12.5 Å². The summed E-state index contributed by atoms with van der Waals surface area (Å²) in [5.74, 6) is -1.38.